The lowest BCUT2D eigenvalue weighted by Crippen LogP contribution is -2.24. The van der Waals surface area contributed by atoms with E-state index in [1.54, 1.807) is 11.3 Å². The van der Waals surface area contributed by atoms with Gasteiger partial charge in [-0.25, -0.2) is 4.98 Å². The van der Waals surface area contributed by atoms with Crippen LogP contribution in [-0.2, 0) is 24.2 Å². The lowest BCUT2D eigenvalue weighted by atomic mass is 10.1. The topological polar surface area (TPSA) is 42.0 Å². The second kappa shape index (κ2) is 8.08. The molecule has 4 heteroatoms. The number of aryl methyl sites for hydroxylation is 2. The predicted molar refractivity (Wildman–Crippen MR) is 103 cm³/mol. The van der Waals surface area contributed by atoms with Crippen LogP contribution in [0.25, 0.3) is 0 Å². The monoisotopic (exact) mass is 350 g/mol. The van der Waals surface area contributed by atoms with E-state index in [0.717, 1.165) is 22.7 Å². The Labute approximate surface area is 152 Å². The number of nitrogens with one attached hydrogen (secondary N) is 1. The molecule has 25 heavy (non-hydrogen) atoms. The van der Waals surface area contributed by atoms with Gasteiger partial charge >= 0.3 is 0 Å². The molecule has 0 saturated carbocycles. The molecular formula is C21H22N2OS. The summed E-state index contributed by atoms with van der Waals surface area (Å²) in [5.41, 5.74) is 4.64. The Balaban J connectivity index is 1.56. The van der Waals surface area contributed by atoms with Crippen LogP contribution in [0.2, 0.25) is 0 Å². The number of aromatic nitrogens is 1. The molecule has 1 N–H and O–H groups in total. The lowest BCUT2D eigenvalue weighted by Gasteiger charge is -2.03. The minimum atomic E-state index is 0.0270. The van der Waals surface area contributed by atoms with Gasteiger partial charge in [0.05, 0.1) is 18.7 Å². The Morgan fingerprint density at radius 2 is 1.72 bits per heavy atom. The predicted octanol–water partition coefficient (Wildman–Crippen LogP) is 4.21. The summed E-state index contributed by atoms with van der Waals surface area (Å²) in [5, 5.41) is 3.93. The molecule has 0 aliphatic rings. The Bertz CT molecular complexity index is 838. The Hall–Kier alpha value is -2.46. The summed E-state index contributed by atoms with van der Waals surface area (Å²) < 4.78 is 0. The molecule has 0 saturated heterocycles. The van der Waals surface area contributed by atoms with Crippen LogP contribution < -0.4 is 5.32 Å². The third-order valence-electron chi connectivity index (χ3n) is 4.07. The summed E-state index contributed by atoms with van der Waals surface area (Å²) >= 11 is 1.68. The molecule has 1 amide bonds. The molecule has 0 spiro atoms. The van der Waals surface area contributed by atoms with E-state index in [4.69, 9.17) is 0 Å². The van der Waals surface area contributed by atoms with Crippen molar-refractivity contribution < 1.29 is 4.79 Å². The van der Waals surface area contributed by atoms with Crippen molar-refractivity contribution in [1.82, 2.24) is 10.3 Å². The SMILES string of the molecule is Cc1ccc(Cc2sc(CNC(=O)Cc3ccccc3)nc2C)cc1. The first kappa shape index (κ1) is 17.4. The highest BCUT2D eigenvalue weighted by Gasteiger charge is 2.10. The zero-order valence-electron chi connectivity index (χ0n) is 14.6. The number of benzene rings is 2. The van der Waals surface area contributed by atoms with Crippen molar-refractivity contribution >= 4 is 17.2 Å². The molecule has 128 valence electrons. The lowest BCUT2D eigenvalue weighted by molar-refractivity contribution is -0.120. The number of hydrogen-bond acceptors (Lipinski definition) is 3. The van der Waals surface area contributed by atoms with E-state index in [1.807, 2.05) is 37.3 Å². The molecule has 0 bridgehead atoms. The number of thiazole rings is 1. The molecule has 0 unspecified atom stereocenters. The van der Waals surface area contributed by atoms with Crippen LogP contribution in [-0.4, -0.2) is 10.9 Å². The van der Waals surface area contributed by atoms with E-state index in [-0.39, 0.29) is 5.91 Å². The number of carbonyl (C=O) groups excluding carboxylic acids is 1. The van der Waals surface area contributed by atoms with Gasteiger partial charge in [-0.3, -0.25) is 4.79 Å². The first-order valence-corrected chi connectivity index (χ1v) is 9.23. The van der Waals surface area contributed by atoms with E-state index in [1.165, 1.54) is 16.0 Å². The summed E-state index contributed by atoms with van der Waals surface area (Å²) in [7, 11) is 0. The van der Waals surface area contributed by atoms with Gasteiger partial charge in [0.15, 0.2) is 0 Å². The van der Waals surface area contributed by atoms with Crippen LogP contribution in [0.4, 0.5) is 0 Å². The number of hydrogen-bond donors (Lipinski definition) is 1. The van der Waals surface area contributed by atoms with Gasteiger partial charge in [-0.1, -0.05) is 60.2 Å². The molecule has 0 fully saturated rings. The maximum Gasteiger partial charge on any atom is 0.224 e. The number of rotatable bonds is 6. The number of nitrogens with zero attached hydrogens (tertiary/aromatic N) is 1. The van der Waals surface area contributed by atoms with Crippen molar-refractivity contribution in [1.29, 1.82) is 0 Å². The number of carbonyl (C=O) groups is 1. The molecule has 0 atom stereocenters. The van der Waals surface area contributed by atoms with E-state index in [0.29, 0.717) is 13.0 Å². The summed E-state index contributed by atoms with van der Waals surface area (Å²) in [6, 6.07) is 18.4. The third kappa shape index (κ3) is 5.00. The molecule has 1 heterocycles. The van der Waals surface area contributed by atoms with Crippen LogP contribution >= 0.6 is 11.3 Å². The normalized spacial score (nSPS) is 10.6. The van der Waals surface area contributed by atoms with Gasteiger partial charge in [-0.05, 0) is 25.0 Å². The van der Waals surface area contributed by atoms with Gasteiger partial charge in [0.2, 0.25) is 5.91 Å². The van der Waals surface area contributed by atoms with Gasteiger partial charge in [0.1, 0.15) is 5.01 Å². The fraction of sp³-hybridized carbons (Fsp3) is 0.238. The highest BCUT2D eigenvalue weighted by atomic mass is 32.1. The molecule has 0 aliphatic heterocycles. The molecule has 3 aromatic rings. The van der Waals surface area contributed by atoms with Crippen LogP contribution in [0, 0.1) is 13.8 Å². The highest BCUT2D eigenvalue weighted by Crippen LogP contribution is 2.22. The summed E-state index contributed by atoms with van der Waals surface area (Å²) in [4.78, 5) is 17.9. The maximum absolute atomic E-state index is 12.1. The van der Waals surface area contributed by atoms with Crippen molar-refractivity contribution in [3.8, 4) is 0 Å². The average Bonchev–Trinajstić information content (AvgIpc) is 2.96. The molecular weight excluding hydrogens is 328 g/mol. The fourth-order valence-corrected chi connectivity index (χ4v) is 3.68. The molecule has 1 aromatic heterocycles. The van der Waals surface area contributed by atoms with Crippen LogP contribution in [0.5, 0.6) is 0 Å². The number of amides is 1. The average molecular weight is 350 g/mol. The van der Waals surface area contributed by atoms with Crippen LogP contribution in [0.3, 0.4) is 0 Å². The van der Waals surface area contributed by atoms with Gasteiger partial charge in [0.25, 0.3) is 0 Å². The molecule has 3 nitrogen and oxygen atoms in total. The third-order valence-corrected chi connectivity index (χ3v) is 5.22. The van der Waals surface area contributed by atoms with Crippen molar-refractivity contribution in [2.75, 3.05) is 0 Å². The first-order valence-electron chi connectivity index (χ1n) is 8.41. The molecule has 0 aliphatic carbocycles. The molecule has 2 aromatic carbocycles. The Morgan fingerprint density at radius 3 is 2.44 bits per heavy atom. The smallest absolute Gasteiger partial charge is 0.224 e. The Kier molecular flexibility index (Phi) is 5.61. The van der Waals surface area contributed by atoms with Crippen molar-refractivity contribution in [2.24, 2.45) is 0 Å². The van der Waals surface area contributed by atoms with E-state index >= 15 is 0 Å². The van der Waals surface area contributed by atoms with Gasteiger partial charge in [0, 0.05) is 11.3 Å². The summed E-state index contributed by atoms with van der Waals surface area (Å²) in [6.45, 7) is 4.62. The minimum Gasteiger partial charge on any atom is -0.349 e. The first-order chi connectivity index (χ1) is 12.1. The zero-order chi connectivity index (χ0) is 17.6. The standard InChI is InChI=1S/C21H22N2OS/c1-15-8-10-18(11-9-15)12-19-16(2)23-21(25-19)14-22-20(24)13-17-6-4-3-5-7-17/h3-11H,12-14H2,1-2H3,(H,22,24). The van der Waals surface area contributed by atoms with E-state index < -0.39 is 0 Å². The fourth-order valence-electron chi connectivity index (χ4n) is 2.64. The highest BCUT2D eigenvalue weighted by molar-refractivity contribution is 7.11. The molecule has 3 rings (SSSR count). The zero-order valence-corrected chi connectivity index (χ0v) is 15.4. The minimum absolute atomic E-state index is 0.0270. The maximum atomic E-state index is 12.1. The van der Waals surface area contributed by atoms with Gasteiger partial charge in [-0.15, -0.1) is 11.3 Å². The van der Waals surface area contributed by atoms with Crippen molar-refractivity contribution in [3.63, 3.8) is 0 Å². The second-order valence-corrected chi connectivity index (χ2v) is 7.39. The van der Waals surface area contributed by atoms with E-state index in [2.05, 4.69) is 41.5 Å². The van der Waals surface area contributed by atoms with Gasteiger partial charge < -0.3 is 5.32 Å². The quantitative estimate of drug-likeness (QED) is 0.723. The van der Waals surface area contributed by atoms with Crippen LogP contribution in [0.1, 0.15) is 32.3 Å². The second-order valence-electron chi connectivity index (χ2n) is 6.22. The molecule has 0 radical (unpaired) electrons. The van der Waals surface area contributed by atoms with Crippen LogP contribution in [0.15, 0.2) is 54.6 Å². The van der Waals surface area contributed by atoms with Crippen molar-refractivity contribution in [3.05, 3.63) is 86.9 Å². The summed E-state index contributed by atoms with van der Waals surface area (Å²) in [5.74, 6) is 0.0270. The summed E-state index contributed by atoms with van der Waals surface area (Å²) in [6.07, 6.45) is 1.29. The van der Waals surface area contributed by atoms with E-state index in [9.17, 15) is 4.79 Å². The largest absolute Gasteiger partial charge is 0.349 e. The van der Waals surface area contributed by atoms with Crippen molar-refractivity contribution in [2.45, 2.75) is 33.2 Å². The van der Waals surface area contributed by atoms with Gasteiger partial charge in [-0.2, -0.15) is 0 Å². The Morgan fingerprint density at radius 1 is 1.00 bits per heavy atom.